The third-order valence-corrected chi connectivity index (χ3v) is 5.04. The normalized spacial score (nSPS) is 16.0. The Labute approximate surface area is 182 Å². The third-order valence-electron chi connectivity index (χ3n) is 5.04. The number of carbonyl (C=O) groups excluding carboxylic acids is 2. The second-order valence-corrected chi connectivity index (χ2v) is 7.30. The number of aliphatic hydroxyl groups is 1. The fourth-order valence-corrected chi connectivity index (χ4v) is 3.56. The molecule has 1 aliphatic heterocycles. The second-order valence-electron chi connectivity index (χ2n) is 7.30. The fraction of sp³-hybridized carbons (Fsp3) is 0.364. The van der Waals surface area contributed by atoms with Gasteiger partial charge in [-0.25, -0.2) is 0 Å². The van der Waals surface area contributed by atoms with Gasteiger partial charge in [0.25, 0.3) is 5.91 Å². The maximum Gasteiger partial charge on any atom is 0.573 e. The number of benzene rings is 2. The Hall–Kier alpha value is -3.27. The summed E-state index contributed by atoms with van der Waals surface area (Å²) in [7, 11) is 0. The Morgan fingerprint density at radius 2 is 1.72 bits per heavy atom. The van der Waals surface area contributed by atoms with Gasteiger partial charge in [0.1, 0.15) is 11.5 Å². The average molecular weight is 452 g/mol. The van der Waals surface area contributed by atoms with Crippen LogP contribution in [-0.2, 0) is 16.2 Å². The molecule has 2 aromatic rings. The molecule has 1 saturated heterocycles. The number of hydrogen-bond acceptors (Lipinski definition) is 5. The first kappa shape index (κ1) is 23.4. The standard InChI is InChI=1S/C22H23F3N2O5/c1-15(29)27(17-4-8-20(9-5-17)32-22(23,24)25)18-10-11-26(12-18)21(30)14-31-19-6-2-16(13-28)3-7-19/h2-9,18,28H,10-14H2,1H3. The van der Waals surface area contributed by atoms with Crippen molar-refractivity contribution in [2.24, 2.45) is 0 Å². The number of likely N-dealkylation sites (tertiary alicyclic amines) is 1. The lowest BCUT2D eigenvalue weighted by Gasteiger charge is -2.28. The molecule has 0 spiro atoms. The largest absolute Gasteiger partial charge is 0.573 e. The van der Waals surface area contributed by atoms with Gasteiger partial charge in [-0.2, -0.15) is 0 Å². The molecule has 1 aliphatic rings. The van der Waals surface area contributed by atoms with E-state index in [1.807, 2.05) is 0 Å². The van der Waals surface area contributed by atoms with Gasteiger partial charge in [-0.05, 0) is 48.4 Å². The molecule has 0 aliphatic carbocycles. The van der Waals surface area contributed by atoms with Crippen molar-refractivity contribution in [2.45, 2.75) is 32.4 Å². The van der Waals surface area contributed by atoms with Crippen LogP contribution in [0.5, 0.6) is 11.5 Å². The van der Waals surface area contributed by atoms with Crippen molar-refractivity contribution in [3.05, 3.63) is 54.1 Å². The number of ether oxygens (including phenoxy) is 2. The molecular weight excluding hydrogens is 429 g/mol. The van der Waals surface area contributed by atoms with Crippen molar-refractivity contribution in [2.75, 3.05) is 24.6 Å². The summed E-state index contributed by atoms with van der Waals surface area (Å²) >= 11 is 0. The van der Waals surface area contributed by atoms with Crippen LogP contribution in [0.15, 0.2) is 48.5 Å². The second kappa shape index (κ2) is 9.90. The minimum Gasteiger partial charge on any atom is -0.484 e. The molecule has 7 nitrogen and oxygen atoms in total. The van der Waals surface area contributed by atoms with Gasteiger partial charge in [0.05, 0.1) is 12.6 Å². The summed E-state index contributed by atoms with van der Waals surface area (Å²) in [6.07, 6.45) is -4.27. The van der Waals surface area contributed by atoms with E-state index in [2.05, 4.69) is 4.74 Å². The molecule has 32 heavy (non-hydrogen) atoms. The van der Waals surface area contributed by atoms with Crippen molar-refractivity contribution in [3.8, 4) is 11.5 Å². The van der Waals surface area contributed by atoms with Crippen LogP contribution in [0.2, 0.25) is 0 Å². The number of carbonyl (C=O) groups is 2. The molecule has 10 heteroatoms. The molecule has 172 valence electrons. The molecule has 0 aromatic heterocycles. The lowest BCUT2D eigenvalue weighted by Crippen LogP contribution is -2.42. The Balaban J connectivity index is 1.59. The van der Waals surface area contributed by atoms with Crippen molar-refractivity contribution < 1.29 is 37.3 Å². The number of rotatable bonds is 7. The first-order valence-electron chi connectivity index (χ1n) is 9.92. The molecule has 1 unspecified atom stereocenters. The van der Waals surface area contributed by atoms with E-state index in [4.69, 9.17) is 9.84 Å². The number of aliphatic hydroxyl groups excluding tert-OH is 1. The summed E-state index contributed by atoms with van der Waals surface area (Å²) in [5.41, 5.74) is 1.15. The van der Waals surface area contributed by atoms with E-state index in [1.54, 1.807) is 29.2 Å². The Bertz CT molecular complexity index is 932. The SMILES string of the molecule is CC(=O)N(c1ccc(OC(F)(F)F)cc1)C1CCN(C(=O)COc2ccc(CO)cc2)C1. The number of alkyl halides is 3. The highest BCUT2D eigenvalue weighted by Gasteiger charge is 2.34. The monoisotopic (exact) mass is 452 g/mol. The minimum absolute atomic E-state index is 0.0842. The number of amides is 2. The minimum atomic E-state index is -4.79. The lowest BCUT2D eigenvalue weighted by molar-refractivity contribution is -0.274. The van der Waals surface area contributed by atoms with Gasteiger partial charge < -0.3 is 24.4 Å². The van der Waals surface area contributed by atoms with Crippen LogP contribution in [-0.4, -0.2) is 53.9 Å². The summed E-state index contributed by atoms with van der Waals surface area (Å²) in [5, 5.41) is 9.06. The summed E-state index contributed by atoms with van der Waals surface area (Å²) in [6, 6.07) is 11.5. The zero-order chi connectivity index (χ0) is 23.3. The van der Waals surface area contributed by atoms with Crippen LogP contribution in [0.25, 0.3) is 0 Å². The quantitative estimate of drug-likeness (QED) is 0.699. The van der Waals surface area contributed by atoms with E-state index >= 15 is 0 Å². The van der Waals surface area contributed by atoms with E-state index in [0.29, 0.717) is 24.4 Å². The van der Waals surface area contributed by atoms with Gasteiger partial charge in [-0.15, -0.1) is 13.2 Å². The third kappa shape index (κ3) is 6.13. The summed E-state index contributed by atoms with van der Waals surface area (Å²) < 4.78 is 46.4. The maximum absolute atomic E-state index is 12.5. The molecule has 1 heterocycles. The van der Waals surface area contributed by atoms with Crippen LogP contribution in [0.4, 0.5) is 18.9 Å². The van der Waals surface area contributed by atoms with Crippen LogP contribution in [0.3, 0.4) is 0 Å². The van der Waals surface area contributed by atoms with Crippen LogP contribution >= 0.6 is 0 Å². The number of hydrogen-bond donors (Lipinski definition) is 1. The van der Waals surface area contributed by atoms with Crippen molar-refractivity contribution in [3.63, 3.8) is 0 Å². The van der Waals surface area contributed by atoms with Crippen LogP contribution < -0.4 is 14.4 Å². The first-order chi connectivity index (χ1) is 15.2. The maximum atomic E-state index is 12.5. The number of nitrogens with zero attached hydrogens (tertiary/aromatic N) is 2. The summed E-state index contributed by atoms with van der Waals surface area (Å²) in [6.45, 7) is 1.82. The van der Waals surface area contributed by atoms with E-state index < -0.39 is 6.36 Å². The topological polar surface area (TPSA) is 79.3 Å². The molecule has 0 saturated carbocycles. The van der Waals surface area contributed by atoms with E-state index in [0.717, 1.165) is 17.7 Å². The van der Waals surface area contributed by atoms with Crippen LogP contribution in [0, 0.1) is 0 Å². The van der Waals surface area contributed by atoms with Gasteiger partial charge in [0.15, 0.2) is 6.61 Å². The Morgan fingerprint density at radius 3 is 2.28 bits per heavy atom. The summed E-state index contributed by atoms with van der Waals surface area (Å²) in [4.78, 5) is 27.8. The molecular formula is C22H23F3N2O5. The van der Waals surface area contributed by atoms with E-state index in [-0.39, 0.29) is 43.4 Å². The van der Waals surface area contributed by atoms with Crippen molar-refractivity contribution in [1.82, 2.24) is 4.90 Å². The van der Waals surface area contributed by atoms with Gasteiger partial charge in [-0.3, -0.25) is 9.59 Å². The molecule has 3 rings (SSSR count). The highest BCUT2D eigenvalue weighted by Crippen LogP contribution is 2.28. The Morgan fingerprint density at radius 1 is 1.09 bits per heavy atom. The molecule has 0 bridgehead atoms. The summed E-state index contributed by atoms with van der Waals surface area (Å²) in [5.74, 6) is -0.403. The smallest absolute Gasteiger partial charge is 0.484 e. The predicted molar refractivity (Wildman–Crippen MR) is 109 cm³/mol. The van der Waals surface area contributed by atoms with Gasteiger partial charge in [-0.1, -0.05) is 12.1 Å². The van der Waals surface area contributed by atoms with Gasteiger partial charge >= 0.3 is 6.36 Å². The Kier molecular flexibility index (Phi) is 7.24. The van der Waals surface area contributed by atoms with Gasteiger partial charge in [0, 0.05) is 25.7 Å². The molecule has 2 amide bonds. The van der Waals surface area contributed by atoms with Gasteiger partial charge in [0.2, 0.25) is 5.91 Å². The predicted octanol–water partition coefficient (Wildman–Crippen LogP) is 3.11. The molecule has 1 atom stereocenters. The fourth-order valence-electron chi connectivity index (χ4n) is 3.56. The highest BCUT2D eigenvalue weighted by molar-refractivity contribution is 5.92. The number of halogens is 3. The van der Waals surface area contributed by atoms with Crippen molar-refractivity contribution >= 4 is 17.5 Å². The zero-order valence-electron chi connectivity index (χ0n) is 17.3. The van der Waals surface area contributed by atoms with Crippen molar-refractivity contribution in [1.29, 1.82) is 0 Å². The zero-order valence-corrected chi connectivity index (χ0v) is 17.3. The average Bonchev–Trinajstić information content (AvgIpc) is 3.22. The molecule has 1 fully saturated rings. The number of anilines is 1. The first-order valence-corrected chi connectivity index (χ1v) is 9.92. The van der Waals surface area contributed by atoms with E-state index in [1.165, 1.54) is 24.0 Å². The lowest BCUT2D eigenvalue weighted by atomic mass is 10.1. The molecule has 2 aromatic carbocycles. The van der Waals surface area contributed by atoms with Crippen LogP contribution in [0.1, 0.15) is 18.9 Å². The van der Waals surface area contributed by atoms with E-state index in [9.17, 15) is 22.8 Å². The molecule has 1 N–H and O–H groups in total. The molecule has 0 radical (unpaired) electrons. The highest BCUT2D eigenvalue weighted by atomic mass is 19.4.